The lowest BCUT2D eigenvalue weighted by atomic mass is 10.2. The van der Waals surface area contributed by atoms with Crippen LogP contribution in [0.1, 0.15) is 24.5 Å². The van der Waals surface area contributed by atoms with E-state index < -0.39 is 36.0 Å². The number of hydrogen-bond donors (Lipinski definition) is 3. The minimum Gasteiger partial charge on any atom is -0.394 e. The number of aliphatic hydroxyl groups is 2. The Morgan fingerprint density at radius 1 is 1.33 bits per heavy atom. The second-order valence-electron chi connectivity index (χ2n) is 4.94. The summed E-state index contributed by atoms with van der Waals surface area (Å²) in [5.41, 5.74) is -1.07. The molecule has 9 heteroatoms. The van der Waals surface area contributed by atoms with Gasteiger partial charge in [0.1, 0.15) is 12.3 Å². The van der Waals surface area contributed by atoms with Crippen molar-refractivity contribution in [2.24, 2.45) is 0 Å². The Kier molecular flexibility index (Phi) is 3.91. The number of aromatic amines is 1. The maximum atomic E-state index is 11.9. The predicted octanol–water partition coefficient (Wildman–Crippen LogP) is -1.78. The Balaban J connectivity index is 1.93. The van der Waals surface area contributed by atoms with Gasteiger partial charge in [0.05, 0.1) is 31.5 Å². The Bertz CT molecular complexity index is 619. The largest absolute Gasteiger partial charge is 0.394 e. The van der Waals surface area contributed by atoms with Crippen LogP contribution in [-0.2, 0) is 14.2 Å². The zero-order valence-electron chi connectivity index (χ0n) is 11.1. The molecule has 9 nitrogen and oxygen atoms in total. The van der Waals surface area contributed by atoms with E-state index in [0.29, 0.717) is 13.2 Å². The molecular formula is C12H16N2O7. The summed E-state index contributed by atoms with van der Waals surface area (Å²) in [6.45, 7) is 0.389. The van der Waals surface area contributed by atoms with Gasteiger partial charge in [0.25, 0.3) is 5.56 Å². The lowest BCUT2D eigenvalue weighted by Crippen LogP contribution is -2.35. The highest BCUT2D eigenvalue weighted by Gasteiger charge is 2.35. The molecule has 0 unspecified atom stereocenters. The number of rotatable bonds is 3. The van der Waals surface area contributed by atoms with Gasteiger partial charge < -0.3 is 24.4 Å². The molecule has 3 atom stereocenters. The van der Waals surface area contributed by atoms with Crippen LogP contribution in [0.4, 0.5) is 0 Å². The van der Waals surface area contributed by atoms with E-state index in [0.717, 1.165) is 0 Å². The first kappa shape index (κ1) is 14.4. The molecule has 0 aromatic carbocycles. The van der Waals surface area contributed by atoms with E-state index in [1.807, 2.05) is 0 Å². The molecule has 0 aliphatic carbocycles. The molecule has 0 amide bonds. The van der Waals surface area contributed by atoms with Gasteiger partial charge in [-0.1, -0.05) is 0 Å². The van der Waals surface area contributed by atoms with Gasteiger partial charge >= 0.3 is 5.69 Å². The van der Waals surface area contributed by atoms with Gasteiger partial charge in [-0.3, -0.25) is 14.3 Å². The second-order valence-corrected chi connectivity index (χ2v) is 4.94. The summed E-state index contributed by atoms with van der Waals surface area (Å²) in [5, 5.41) is 18.8. The molecule has 3 N–H and O–H groups in total. The van der Waals surface area contributed by atoms with Crippen molar-refractivity contribution in [1.82, 2.24) is 9.55 Å². The molecule has 2 fully saturated rings. The van der Waals surface area contributed by atoms with Crippen LogP contribution < -0.4 is 11.2 Å². The first-order valence-electron chi connectivity index (χ1n) is 6.63. The molecule has 21 heavy (non-hydrogen) atoms. The van der Waals surface area contributed by atoms with Crippen molar-refractivity contribution >= 4 is 0 Å². The molecule has 0 saturated carbocycles. The SMILES string of the molecule is O=c1[nH]c(=O)n([C@H]2C[C@H](O)[C@@H](CO)O2)cc1C1OCCO1. The number of nitrogens with zero attached hydrogens (tertiary/aromatic N) is 1. The number of aromatic nitrogens is 2. The van der Waals surface area contributed by atoms with Crippen molar-refractivity contribution in [3.63, 3.8) is 0 Å². The molecule has 2 aliphatic rings. The van der Waals surface area contributed by atoms with Crippen molar-refractivity contribution in [3.05, 3.63) is 32.6 Å². The zero-order valence-corrected chi connectivity index (χ0v) is 11.1. The maximum Gasteiger partial charge on any atom is 0.330 e. The van der Waals surface area contributed by atoms with Gasteiger partial charge in [-0.05, 0) is 0 Å². The van der Waals surface area contributed by atoms with Crippen molar-refractivity contribution in [1.29, 1.82) is 0 Å². The van der Waals surface area contributed by atoms with Crippen LogP contribution in [-0.4, -0.2) is 51.8 Å². The third kappa shape index (κ3) is 2.65. The van der Waals surface area contributed by atoms with E-state index >= 15 is 0 Å². The molecule has 3 rings (SSSR count). The third-order valence-electron chi connectivity index (χ3n) is 3.57. The van der Waals surface area contributed by atoms with Gasteiger partial charge in [-0.25, -0.2) is 4.79 Å². The van der Waals surface area contributed by atoms with E-state index in [9.17, 15) is 14.7 Å². The van der Waals surface area contributed by atoms with Crippen molar-refractivity contribution in [2.75, 3.05) is 19.8 Å². The standard InChI is InChI=1S/C12H16N2O7/c15-5-8-7(16)3-9(21-8)14-4-6(10(17)13-12(14)18)11-19-1-2-20-11/h4,7-9,11,15-16H,1-3,5H2,(H,13,17,18)/t7-,8+,9+/m0/s1. The Morgan fingerprint density at radius 2 is 2.05 bits per heavy atom. The van der Waals surface area contributed by atoms with Gasteiger partial charge in [-0.2, -0.15) is 0 Å². The van der Waals surface area contributed by atoms with Crippen LogP contribution in [0.5, 0.6) is 0 Å². The predicted molar refractivity (Wildman–Crippen MR) is 67.6 cm³/mol. The number of H-pyrrole nitrogens is 1. The average Bonchev–Trinajstić information content (AvgIpc) is 3.08. The van der Waals surface area contributed by atoms with E-state index in [4.69, 9.17) is 19.3 Å². The van der Waals surface area contributed by atoms with Crippen LogP contribution in [0, 0.1) is 0 Å². The van der Waals surface area contributed by atoms with E-state index in [1.54, 1.807) is 0 Å². The lowest BCUT2D eigenvalue weighted by molar-refractivity contribution is -0.0525. The number of ether oxygens (including phenoxy) is 3. The van der Waals surface area contributed by atoms with Crippen molar-refractivity contribution in [3.8, 4) is 0 Å². The second kappa shape index (κ2) is 5.70. The molecule has 3 heterocycles. The quantitative estimate of drug-likeness (QED) is 0.603. The first-order chi connectivity index (χ1) is 10.1. The van der Waals surface area contributed by atoms with Crippen molar-refractivity contribution < 1.29 is 24.4 Å². The third-order valence-corrected chi connectivity index (χ3v) is 3.57. The highest BCUT2D eigenvalue weighted by atomic mass is 16.7. The smallest absolute Gasteiger partial charge is 0.330 e. The Morgan fingerprint density at radius 3 is 2.67 bits per heavy atom. The van der Waals surface area contributed by atoms with Gasteiger partial charge in [0.2, 0.25) is 0 Å². The molecule has 2 saturated heterocycles. The van der Waals surface area contributed by atoms with Crippen LogP contribution >= 0.6 is 0 Å². The topological polar surface area (TPSA) is 123 Å². The zero-order chi connectivity index (χ0) is 15.0. The van der Waals surface area contributed by atoms with E-state index in [1.165, 1.54) is 10.8 Å². The van der Waals surface area contributed by atoms with Gasteiger partial charge in [0.15, 0.2) is 6.29 Å². The molecule has 0 bridgehead atoms. The van der Waals surface area contributed by atoms with Crippen LogP contribution in [0.25, 0.3) is 0 Å². The summed E-state index contributed by atoms with van der Waals surface area (Å²) >= 11 is 0. The normalized spacial score (nSPS) is 30.1. The van der Waals surface area contributed by atoms with Crippen LogP contribution in [0.15, 0.2) is 15.8 Å². The summed E-state index contributed by atoms with van der Waals surface area (Å²) in [6.07, 6.45) is -1.75. The summed E-state index contributed by atoms with van der Waals surface area (Å²) in [4.78, 5) is 25.9. The average molecular weight is 300 g/mol. The number of nitrogens with one attached hydrogen (secondary N) is 1. The lowest BCUT2D eigenvalue weighted by Gasteiger charge is -2.16. The van der Waals surface area contributed by atoms with Gasteiger partial charge in [-0.15, -0.1) is 0 Å². The molecule has 1 aromatic heterocycles. The van der Waals surface area contributed by atoms with Gasteiger partial charge in [0, 0.05) is 12.6 Å². The highest BCUT2D eigenvalue weighted by molar-refractivity contribution is 5.08. The molecule has 0 radical (unpaired) electrons. The molecule has 1 aromatic rings. The van der Waals surface area contributed by atoms with Crippen LogP contribution in [0.3, 0.4) is 0 Å². The fraction of sp³-hybridized carbons (Fsp3) is 0.667. The summed E-state index contributed by atoms with van der Waals surface area (Å²) in [5.74, 6) is 0. The van der Waals surface area contributed by atoms with E-state index in [2.05, 4.69) is 4.98 Å². The first-order valence-corrected chi connectivity index (χ1v) is 6.63. The minimum atomic E-state index is -0.874. The minimum absolute atomic E-state index is 0.142. The number of hydrogen-bond acceptors (Lipinski definition) is 7. The summed E-state index contributed by atoms with van der Waals surface area (Å²) in [6, 6.07) is 0. The highest BCUT2D eigenvalue weighted by Crippen LogP contribution is 2.28. The van der Waals surface area contributed by atoms with Crippen LogP contribution in [0.2, 0.25) is 0 Å². The number of aliphatic hydroxyl groups excluding tert-OH is 2. The fourth-order valence-corrected chi connectivity index (χ4v) is 2.47. The van der Waals surface area contributed by atoms with E-state index in [-0.39, 0.29) is 18.6 Å². The molecule has 116 valence electrons. The maximum absolute atomic E-state index is 11.9. The summed E-state index contributed by atoms with van der Waals surface area (Å²) in [7, 11) is 0. The van der Waals surface area contributed by atoms with Crippen molar-refractivity contribution in [2.45, 2.75) is 31.1 Å². The molecule has 2 aliphatic heterocycles. The monoisotopic (exact) mass is 300 g/mol. The Hall–Kier alpha value is -1.52. The fourth-order valence-electron chi connectivity index (χ4n) is 2.47. The summed E-state index contributed by atoms with van der Waals surface area (Å²) < 4.78 is 17.1. The molecule has 0 spiro atoms. The molecular weight excluding hydrogens is 284 g/mol. The Labute approximate surface area is 118 Å².